The van der Waals surface area contributed by atoms with Gasteiger partial charge < -0.3 is 5.11 Å². The molecule has 0 amide bonds. The zero-order chi connectivity index (χ0) is 19.3. The molecule has 0 atom stereocenters. The molecule has 0 bridgehead atoms. The number of carbonyl (C=O) groups is 1. The third kappa shape index (κ3) is 5.89. The molecule has 142 valence electrons. The fourth-order valence-corrected chi connectivity index (χ4v) is 4.60. The molecule has 0 spiro atoms. The van der Waals surface area contributed by atoms with Gasteiger partial charge in [0.1, 0.15) is 11.6 Å². The molecular formula is C18H22FNO4S2. The highest BCUT2D eigenvalue weighted by Crippen LogP contribution is 2.30. The first-order chi connectivity index (χ1) is 12.2. The fraction of sp³-hybridized carbons (Fsp3) is 0.389. The van der Waals surface area contributed by atoms with Crippen molar-refractivity contribution < 1.29 is 22.7 Å². The molecule has 0 saturated heterocycles. The van der Waals surface area contributed by atoms with Crippen LogP contribution in [-0.4, -0.2) is 48.5 Å². The van der Waals surface area contributed by atoms with E-state index in [-0.39, 0.29) is 24.2 Å². The van der Waals surface area contributed by atoms with E-state index in [4.69, 9.17) is 5.11 Å². The van der Waals surface area contributed by atoms with E-state index in [1.807, 2.05) is 30.9 Å². The van der Waals surface area contributed by atoms with Gasteiger partial charge in [-0.1, -0.05) is 18.2 Å². The van der Waals surface area contributed by atoms with Crippen molar-refractivity contribution in [3.05, 3.63) is 47.1 Å². The smallest absolute Gasteiger partial charge is 0.318 e. The maximum absolute atomic E-state index is 13.9. The first-order valence-corrected chi connectivity index (χ1v) is 10.8. The summed E-state index contributed by atoms with van der Waals surface area (Å²) in [6.45, 7) is 4.68. The van der Waals surface area contributed by atoms with E-state index in [2.05, 4.69) is 0 Å². The molecule has 8 heteroatoms. The van der Waals surface area contributed by atoms with Crippen molar-refractivity contribution >= 4 is 27.1 Å². The summed E-state index contributed by atoms with van der Waals surface area (Å²) in [4.78, 5) is 14.4. The van der Waals surface area contributed by atoms with Crippen LogP contribution in [0.2, 0.25) is 0 Å². The van der Waals surface area contributed by atoms with Gasteiger partial charge in [0.25, 0.3) is 0 Å². The number of thiophene rings is 1. The second-order valence-corrected chi connectivity index (χ2v) is 9.65. The zero-order valence-electron chi connectivity index (χ0n) is 14.7. The first-order valence-electron chi connectivity index (χ1n) is 8.18. The third-order valence-electron chi connectivity index (χ3n) is 3.92. The lowest BCUT2D eigenvalue weighted by molar-refractivity contribution is -0.134. The number of rotatable bonds is 9. The number of benzene rings is 1. The largest absolute Gasteiger partial charge is 0.480 e. The zero-order valence-corrected chi connectivity index (χ0v) is 16.3. The monoisotopic (exact) mass is 399 g/mol. The topological polar surface area (TPSA) is 74.7 Å². The van der Waals surface area contributed by atoms with Crippen LogP contribution in [-0.2, 0) is 21.2 Å². The maximum atomic E-state index is 13.9. The van der Waals surface area contributed by atoms with E-state index in [9.17, 15) is 17.6 Å². The summed E-state index contributed by atoms with van der Waals surface area (Å²) in [5.74, 6) is -2.67. The van der Waals surface area contributed by atoms with Crippen molar-refractivity contribution in [1.82, 2.24) is 4.90 Å². The predicted molar refractivity (Wildman–Crippen MR) is 102 cm³/mol. The van der Waals surface area contributed by atoms with E-state index < -0.39 is 21.6 Å². The minimum Gasteiger partial charge on any atom is -0.480 e. The van der Waals surface area contributed by atoms with Gasteiger partial charge in [0, 0.05) is 34.4 Å². The standard InChI is InChI=1S/C18H22FNO4S2/c1-13(2)20(9-10-26(23,24)12-18(21)22)11-14-7-8-17(25-14)15-5-3-4-6-16(15)19/h3-8,13H,9-12H2,1-2H3,(H,21,22). The number of hydrogen-bond acceptors (Lipinski definition) is 5. The number of aliphatic carboxylic acids is 1. The molecule has 1 heterocycles. The Morgan fingerprint density at radius 2 is 1.92 bits per heavy atom. The highest BCUT2D eigenvalue weighted by Gasteiger charge is 2.20. The Bertz CT molecular complexity index is 862. The molecule has 0 unspecified atom stereocenters. The molecule has 2 rings (SSSR count). The first kappa shape index (κ1) is 20.5. The summed E-state index contributed by atoms with van der Waals surface area (Å²) in [5.41, 5.74) is 0.545. The molecule has 1 N–H and O–H groups in total. The van der Waals surface area contributed by atoms with Crippen molar-refractivity contribution in [2.75, 3.05) is 18.1 Å². The normalized spacial score (nSPS) is 12.0. The molecule has 0 radical (unpaired) electrons. The average Bonchev–Trinajstić information content (AvgIpc) is 2.98. The van der Waals surface area contributed by atoms with E-state index >= 15 is 0 Å². The van der Waals surface area contributed by atoms with Crippen molar-refractivity contribution in [3.63, 3.8) is 0 Å². The van der Waals surface area contributed by atoms with Gasteiger partial charge in [-0.05, 0) is 32.0 Å². The van der Waals surface area contributed by atoms with E-state index in [1.54, 1.807) is 18.2 Å². The summed E-state index contributed by atoms with van der Waals surface area (Å²) in [5, 5.41) is 8.67. The quantitative estimate of drug-likeness (QED) is 0.701. The minimum absolute atomic E-state index is 0.0917. The Balaban J connectivity index is 2.07. The number of hydrogen-bond donors (Lipinski definition) is 1. The van der Waals surface area contributed by atoms with Gasteiger partial charge in [0.05, 0.1) is 5.75 Å². The molecule has 1 aromatic carbocycles. The highest BCUT2D eigenvalue weighted by atomic mass is 32.2. The summed E-state index contributed by atoms with van der Waals surface area (Å²) >= 11 is 1.46. The van der Waals surface area contributed by atoms with E-state index in [0.29, 0.717) is 12.1 Å². The lowest BCUT2D eigenvalue weighted by Gasteiger charge is -2.25. The number of carboxylic acids is 1. The summed E-state index contributed by atoms with van der Waals surface area (Å²) in [6.07, 6.45) is 0. The summed E-state index contributed by atoms with van der Waals surface area (Å²) in [7, 11) is -3.63. The van der Waals surface area contributed by atoms with Gasteiger partial charge in [-0.2, -0.15) is 0 Å². The Morgan fingerprint density at radius 3 is 2.54 bits per heavy atom. The van der Waals surface area contributed by atoms with Crippen LogP contribution in [0.1, 0.15) is 18.7 Å². The van der Waals surface area contributed by atoms with Crippen molar-refractivity contribution in [2.45, 2.75) is 26.4 Å². The SMILES string of the molecule is CC(C)N(CCS(=O)(=O)CC(=O)O)Cc1ccc(-c2ccccc2F)s1. The van der Waals surface area contributed by atoms with Crippen molar-refractivity contribution in [3.8, 4) is 10.4 Å². The van der Waals surface area contributed by atoms with Gasteiger partial charge in [0.2, 0.25) is 0 Å². The van der Waals surface area contributed by atoms with Crippen LogP contribution in [0.4, 0.5) is 4.39 Å². The molecular weight excluding hydrogens is 377 g/mol. The van der Waals surface area contributed by atoms with Gasteiger partial charge in [-0.15, -0.1) is 11.3 Å². The molecule has 0 fully saturated rings. The van der Waals surface area contributed by atoms with Crippen molar-refractivity contribution in [1.29, 1.82) is 0 Å². The van der Waals surface area contributed by atoms with Gasteiger partial charge >= 0.3 is 5.97 Å². The molecule has 5 nitrogen and oxygen atoms in total. The van der Waals surface area contributed by atoms with Crippen LogP contribution in [0.15, 0.2) is 36.4 Å². The Kier molecular flexibility index (Phi) is 6.91. The average molecular weight is 400 g/mol. The Labute approximate surface area is 157 Å². The molecule has 0 aliphatic heterocycles. The van der Waals surface area contributed by atoms with E-state index in [0.717, 1.165) is 9.75 Å². The molecule has 0 saturated carbocycles. The van der Waals surface area contributed by atoms with Crippen LogP contribution < -0.4 is 0 Å². The van der Waals surface area contributed by atoms with Crippen LogP contribution in [0, 0.1) is 5.82 Å². The van der Waals surface area contributed by atoms with Crippen molar-refractivity contribution in [2.24, 2.45) is 0 Å². The summed E-state index contributed by atoms with van der Waals surface area (Å²) in [6, 6.07) is 10.4. The lowest BCUT2D eigenvalue weighted by atomic mass is 10.2. The summed E-state index contributed by atoms with van der Waals surface area (Å²) < 4.78 is 37.5. The molecule has 1 aromatic heterocycles. The van der Waals surface area contributed by atoms with Crippen LogP contribution in [0.3, 0.4) is 0 Å². The number of nitrogens with zero attached hydrogens (tertiary/aromatic N) is 1. The van der Waals surface area contributed by atoms with Crippen LogP contribution >= 0.6 is 11.3 Å². The minimum atomic E-state index is -3.63. The maximum Gasteiger partial charge on any atom is 0.318 e. The third-order valence-corrected chi connectivity index (χ3v) is 6.52. The van der Waals surface area contributed by atoms with Gasteiger partial charge in [-0.25, -0.2) is 12.8 Å². The van der Waals surface area contributed by atoms with Crippen LogP contribution in [0.25, 0.3) is 10.4 Å². The highest BCUT2D eigenvalue weighted by molar-refractivity contribution is 7.92. The van der Waals surface area contributed by atoms with Gasteiger partial charge in [0.15, 0.2) is 9.84 Å². The molecule has 26 heavy (non-hydrogen) atoms. The van der Waals surface area contributed by atoms with E-state index in [1.165, 1.54) is 17.4 Å². The fourth-order valence-electron chi connectivity index (χ4n) is 2.51. The molecule has 0 aliphatic carbocycles. The molecule has 2 aromatic rings. The van der Waals surface area contributed by atoms with Gasteiger partial charge in [-0.3, -0.25) is 9.69 Å². The Morgan fingerprint density at radius 1 is 1.23 bits per heavy atom. The second kappa shape index (κ2) is 8.75. The number of sulfone groups is 1. The predicted octanol–water partition coefficient (Wildman–Crippen LogP) is 3.26. The van der Waals surface area contributed by atoms with Crippen LogP contribution in [0.5, 0.6) is 0 Å². The second-order valence-electron chi connectivity index (χ2n) is 6.30. The molecule has 0 aliphatic rings. The lowest BCUT2D eigenvalue weighted by Crippen LogP contribution is -2.35. The number of halogens is 1. The Hall–Kier alpha value is -1.77. The number of carboxylic acid groups (broad SMARTS) is 1.